The largest absolute Gasteiger partial charge is 0.469 e. The zero-order valence-corrected chi connectivity index (χ0v) is 12.1. The Kier molecular flexibility index (Phi) is 5.59. The Morgan fingerprint density at radius 3 is 2.61 bits per heavy atom. The first-order valence-electron chi connectivity index (χ1n) is 6.36. The van der Waals surface area contributed by atoms with Crippen molar-refractivity contribution in [1.29, 1.82) is 0 Å². The van der Waals surface area contributed by atoms with Gasteiger partial charge >= 0.3 is 5.97 Å². The second kappa shape index (κ2) is 6.52. The molecule has 5 nitrogen and oxygen atoms in total. The summed E-state index contributed by atoms with van der Waals surface area (Å²) in [6.07, 6.45) is 2.55. The van der Waals surface area contributed by atoms with Crippen LogP contribution in [-0.4, -0.2) is 45.6 Å². The molecule has 0 saturated heterocycles. The molecule has 0 aromatic carbocycles. The molecule has 1 aliphatic rings. The second-order valence-corrected chi connectivity index (χ2v) is 7.38. The van der Waals surface area contributed by atoms with E-state index in [1.807, 2.05) is 0 Å². The molecule has 1 aliphatic carbocycles. The van der Waals surface area contributed by atoms with E-state index in [0.29, 0.717) is 12.3 Å². The molecule has 18 heavy (non-hydrogen) atoms. The van der Waals surface area contributed by atoms with Crippen LogP contribution in [-0.2, 0) is 19.4 Å². The van der Waals surface area contributed by atoms with Gasteiger partial charge in [-0.25, -0.2) is 8.42 Å². The molecule has 6 heteroatoms. The fourth-order valence-electron chi connectivity index (χ4n) is 2.53. The van der Waals surface area contributed by atoms with Gasteiger partial charge in [-0.1, -0.05) is 6.92 Å². The molecule has 0 amide bonds. The lowest BCUT2D eigenvalue weighted by atomic mass is 9.87. The maximum Gasteiger partial charge on any atom is 0.306 e. The van der Waals surface area contributed by atoms with Gasteiger partial charge in [-0.15, -0.1) is 0 Å². The van der Waals surface area contributed by atoms with E-state index in [0.717, 1.165) is 12.8 Å². The van der Waals surface area contributed by atoms with Crippen LogP contribution < -0.4 is 5.32 Å². The minimum absolute atomic E-state index is 0.00356. The minimum Gasteiger partial charge on any atom is -0.469 e. The van der Waals surface area contributed by atoms with Crippen molar-refractivity contribution < 1.29 is 17.9 Å². The molecule has 0 radical (unpaired) electrons. The van der Waals surface area contributed by atoms with Crippen LogP contribution in [0.4, 0.5) is 0 Å². The molecule has 3 unspecified atom stereocenters. The third kappa shape index (κ3) is 3.95. The molecular weight excluding hydrogens is 254 g/mol. The molecular formula is C12H23NO4S. The lowest BCUT2D eigenvalue weighted by Gasteiger charge is -2.34. The Hall–Kier alpha value is -0.620. The van der Waals surface area contributed by atoms with Gasteiger partial charge in [0.1, 0.15) is 0 Å². The van der Waals surface area contributed by atoms with E-state index in [2.05, 4.69) is 17.0 Å². The van der Waals surface area contributed by atoms with Crippen molar-refractivity contribution in [3.05, 3.63) is 0 Å². The summed E-state index contributed by atoms with van der Waals surface area (Å²) in [5.41, 5.74) is 0. The molecule has 1 N–H and O–H groups in total. The van der Waals surface area contributed by atoms with Crippen LogP contribution in [0.25, 0.3) is 0 Å². The van der Waals surface area contributed by atoms with Crippen LogP contribution in [0.5, 0.6) is 0 Å². The highest BCUT2D eigenvalue weighted by Gasteiger charge is 2.37. The Balaban J connectivity index is 2.71. The third-order valence-corrected chi connectivity index (χ3v) is 5.92. The first-order valence-corrected chi connectivity index (χ1v) is 8.08. The first-order chi connectivity index (χ1) is 8.40. The number of nitrogens with one attached hydrogen (secondary N) is 1. The number of carbonyl (C=O) groups is 1. The summed E-state index contributed by atoms with van der Waals surface area (Å²) in [5, 5.41) is 2.71. The number of rotatable bonds is 5. The molecule has 0 spiro atoms. The number of sulfone groups is 1. The number of hydrogen-bond acceptors (Lipinski definition) is 5. The predicted molar refractivity (Wildman–Crippen MR) is 70.1 cm³/mol. The maximum atomic E-state index is 12.3. The van der Waals surface area contributed by atoms with Crippen molar-refractivity contribution >= 4 is 15.8 Å². The molecule has 0 aliphatic heterocycles. The SMILES string of the molecule is CNC1CCC(C)CC1S(=O)(=O)CCC(=O)OC. The lowest BCUT2D eigenvalue weighted by Crippen LogP contribution is -2.47. The number of methoxy groups -OCH3 is 1. The summed E-state index contributed by atoms with van der Waals surface area (Å²) in [6, 6.07) is 0.00356. The fourth-order valence-corrected chi connectivity index (χ4v) is 4.68. The average Bonchev–Trinajstić information content (AvgIpc) is 2.36. The van der Waals surface area contributed by atoms with Gasteiger partial charge in [0.15, 0.2) is 9.84 Å². The standard InChI is InChI=1S/C12H23NO4S/c1-9-4-5-10(13-2)11(8-9)18(15,16)7-6-12(14)17-3/h9-11,13H,4-8H2,1-3H3. The van der Waals surface area contributed by atoms with Crippen molar-refractivity contribution in [3.63, 3.8) is 0 Å². The molecule has 0 bridgehead atoms. The summed E-state index contributed by atoms with van der Waals surface area (Å²) >= 11 is 0. The van der Waals surface area contributed by atoms with E-state index >= 15 is 0 Å². The van der Waals surface area contributed by atoms with Gasteiger partial charge in [-0.05, 0) is 32.2 Å². The van der Waals surface area contributed by atoms with E-state index in [1.54, 1.807) is 7.05 Å². The Morgan fingerprint density at radius 1 is 1.39 bits per heavy atom. The van der Waals surface area contributed by atoms with Gasteiger partial charge < -0.3 is 10.1 Å². The van der Waals surface area contributed by atoms with Gasteiger partial charge in [-0.2, -0.15) is 0 Å². The summed E-state index contributed by atoms with van der Waals surface area (Å²) in [7, 11) is -0.179. The zero-order valence-electron chi connectivity index (χ0n) is 11.3. The number of carbonyl (C=O) groups excluding carboxylic acids is 1. The molecule has 0 heterocycles. The van der Waals surface area contributed by atoms with E-state index < -0.39 is 15.8 Å². The summed E-state index contributed by atoms with van der Waals surface area (Å²) in [4.78, 5) is 11.1. The van der Waals surface area contributed by atoms with Gasteiger partial charge in [0.25, 0.3) is 0 Å². The molecule has 0 aromatic heterocycles. The van der Waals surface area contributed by atoms with Crippen molar-refractivity contribution in [2.24, 2.45) is 5.92 Å². The quantitative estimate of drug-likeness (QED) is 0.750. The normalized spacial score (nSPS) is 28.9. The number of hydrogen-bond donors (Lipinski definition) is 1. The highest BCUT2D eigenvalue weighted by molar-refractivity contribution is 7.92. The topological polar surface area (TPSA) is 72.5 Å². The van der Waals surface area contributed by atoms with Crippen molar-refractivity contribution in [2.45, 2.75) is 43.9 Å². The second-order valence-electron chi connectivity index (χ2n) is 5.04. The van der Waals surface area contributed by atoms with Crippen LogP contribution in [0, 0.1) is 5.92 Å². The zero-order chi connectivity index (χ0) is 13.8. The smallest absolute Gasteiger partial charge is 0.306 e. The Labute approximate surface area is 109 Å². The number of ether oxygens (including phenoxy) is 1. The van der Waals surface area contributed by atoms with Crippen LogP contribution in [0.15, 0.2) is 0 Å². The number of esters is 1. The average molecular weight is 277 g/mol. The van der Waals surface area contributed by atoms with Gasteiger partial charge in [0.2, 0.25) is 0 Å². The van der Waals surface area contributed by atoms with Crippen LogP contribution in [0.2, 0.25) is 0 Å². The monoisotopic (exact) mass is 277 g/mol. The summed E-state index contributed by atoms with van der Waals surface area (Å²) in [5.74, 6) is -0.161. The predicted octanol–water partition coefficient (Wildman–Crippen LogP) is 0.741. The van der Waals surface area contributed by atoms with E-state index in [9.17, 15) is 13.2 Å². The molecule has 0 aromatic rings. The Bertz CT molecular complexity index is 380. The van der Waals surface area contributed by atoms with E-state index in [-0.39, 0.29) is 23.5 Å². The van der Waals surface area contributed by atoms with E-state index in [1.165, 1.54) is 7.11 Å². The van der Waals surface area contributed by atoms with Gasteiger partial charge in [-0.3, -0.25) is 4.79 Å². The van der Waals surface area contributed by atoms with Crippen LogP contribution in [0.1, 0.15) is 32.6 Å². The third-order valence-electron chi connectivity index (χ3n) is 3.70. The summed E-state index contributed by atoms with van der Waals surface area (Å²) in [6.45, 7) is 2.08. The molecule has 106 valence electrons. The maximum absolute atomic E-state index is 12.3. The van der Waals surface area contributed by atoms with Gasteiger partial charge in [0.05, 0.1) is 24.5 Å². The molecule has 3 atom stereocenters. The first kappa shape index (κ1) is 15.4. The van der Waals surface area contributed by atoms with E-state index in [4.69, 9.17) is 0 Å². The molecule has 1 fully saturated rings. The highest BCUT2D eigenvalue weighted by Crippen LogP contribution is 2.29. The van der Waals surface area contributed by atoms with Gasteiger partial charge in [0, 0.05) is 6.04 Å². The minimum atomic E-state index is -3.25. The van der Waals surface area contributed by atoms with Crippen molar-refractivity contribution in [1.82, 2.24) is 5.32 Å². The molecule has 1 saturated carbocycles. The van der Waals surface area contributed by atoms with Crippen molar-refractivity contribution in [3.8, 4) is 0 Å². The molecule has 1 rings (SSSR count). The Morgan fingerprint density at radius 2 is 2.06 bits per heavy atom. The van der Waals surface area contributed by atoms with Crippen molar-refractivity contribution in [2.75, 3.05) is 19.9 Å². The fraction of sp³-hybridized carbons (Fsp3) is 0.917. The highest BCUT2D eigenvalue weighted by atomic mass is 32.2. The van der Waals surface area contributed by atoms with Crippen LogP contribution in [0.3, 0.4) is 0 Å². The summed E-state index contributed by atoms with van der Waals surface area (Å²) < 4.78 is 29.0. The lowest BCUT2D eigenvalue weighted by molar-refractivity contribution is -0.140. The van der Waals surface area contributed by atoms with Crippen LogP contribution >= 0.6 is 0 Å².